The van der Waals surface area contributed by atoms with E-state index in [0.717, 1.165) is 38.8 Å². The van der Waals surface area contributed by atoms with Crippen molar-refractivity contribution >= 4 is 12.1 Å². The van der Waals surface area contributed by atoms with Crippen LogP contribution in [0.25, 0.3) is 0 Å². The van der Waals surface area contributed by atoms with Crippen molar-refractivity contribution in [2.45, 2.75) is 58.1 Å². The van der Waals surface area contributed by atoms with E-state index < -0.39 is 23.7 Å². The number of carboxylic acids is 1. The molecule has 1 radical (unpaired) electrons. The van der Waals surface area contributed by atoms with Gasteiger partial charge in [0.1, 0.15) is 11.6 Å². The molecule has 2 atom stereocenters. The number of carbonyl (C=O) groups excluding carboxylic acids is 1. The second-order valence-electron chi connectivity index (χ2n) is 7.16. The van der Waals surface area contributed by atoms with Crippen LogP contribution in [0.3, 0.4) is 0 Å². The van der Waals surface area contributed by atoms with E-state index in [1.54, 1.807) is 20.8 Å². The maximum Gasteiger partial charge on any atom is 0.410 e. The van der Waals surface area contributed by atoms with Crippen LogP contribution in [0.5, 0.6) is 0 Å². The predicted octanol–water partition coefficient (Wildman–Crippen LogP) is 2.34. The smallest absolute Gasteiger partial charge is 0.410 e. The second-order valence-corrected chi connectivity index (χ2v) is 7.16. The molecule has 137 valence electrons. The van der Waals surface area contributed by atoms with Crippen LogP contribution in [-0.2, 0) is 9.53 Å². The molecule has 0 saturated carbocycles. The molecule has 2 heterocycles. The first-order valence-corrected chi connectivity index (χ1v) is 8.09. The van der Waals surface area contributed by atoms with Crippen molar-refractivity contribution in [1.29, 1.82) is 0 Å². The van der Waals surface area contributed by atoms with Gasteiger partial charge in [-0.2, -0.15) is 0 Å². The van der Waals surface area contributed by atoms with Gasteiger partial charge in [-0.1, -0.05) is 6.42 Å². The molecule has 0 unspecified atom stereocenters. The minimum absolute atomic E-state index is 0. The molecular weight excluding hydrogens is 449 g/mol. The van der Waals surface area contributed by atoms with Gasteiger partial charge in [-0.15, -0.1) is 5.92 Å². The summed E-state index contributed by atoms with van der Waals surface area (Å²) in [4.78, 5) is 27.6. The van der Waals surface area contributed by atoms with E-state index in [-0.39, 0.29) is 43.7 Å². The van der Waals surface area contributed by atoms with Crippen molar-refractivity contribution in [2.24, 2.45) is 5.92 Å². The van der Waals surface area contributed by atoms with Crippen molar-refractivity contribution < 1.29 is 57.2 Å². The summed E-state index contributed by atoms with van der Waals surface area (Å²) in [5.74, 6) is -1.09. The monoisotopic (exact) mass is 476 g/mol. The standard InChI is InChI=1S/C16H27N2O4.Ho/c1-16(2,3)22-15(21)18-10-6-7-12(13(18)14(19)20)11-17-8-4-5-9-17;/h11-13H,4-10H2,1-3H3,(H,19,20);/q-1;/t12-,13-;/m1./s1. The Morgan fingerprint density at radius 1 is 1.13 bits per heavy atom. The van der Waals surface area contributed by atoms with Crippen LogP contribution in [0.2, 0.25) is 0 Å². The summed E-state index contributed by atoms with van der Waals surface area (Å²) in [7, 11) is 0. The number of nitrogens with zero attached hydrogens (tertiary/aromatic N) is 2. The summed E-state index contributed by atoms with van der Waals surface area (Å²) in [5, 5.41) is 9.61. The SMILES string of the molecule is CC(C)(C)OC(=O)N1CCC[C@H]([CH-]N2CCCC2)[C@@H]1C(=O)O.[Ho]. The molecule has 7 heteroatoms. The Bertz CT molecular complexity index is 419. The summed E-state index contributed by atoms with van der Waals surface area (Å²) in [6.45, 7) is 9.80. The fraction of sp³-hybridized carbons (Fsp3) is 0.812. The van der Waals surface area contributed by atoms with Crippen LogP contribution in [0, 0.1) is 50.2 Å². The molecule has 2 saturated heterocycles. The molecular formula is C16H27HoN2O4-. The molecule has 0 aromatic rings. The Kier molecular flexibility index (Phi) is 8.11. The first-order valence-electron chi connectivity index (χ1n) is 8.09. The van der Waals surface area contributed by atoms with Gasteiger partial charge in [-0.25, -0.2) is 4.79 Å². The number of amides is 1. The van der Waals surface area contributed by atoms with Crippen molar-refractivity contribution in [3.8, 4) is 0 Å². The number of hydrogen-bond acceptors (Lipinski definition) is 4. The molecule has 2 fully saturated rings. The van der Waals surface area contributed by atoms with Crippen LogP contribution in [-0.4, -0.2) is 58.2 Å². The van der Waals surface area contributed by atoms with E-state index in [4.69, 9.17) is 4.74 Å². The molecule has 0 bridgehead atoms. The third-order valence-electron chi connectivity index (χ3n) is 4.10. The van der Waals surface area contributed by atoms with E-state index in [2.05, 4.69) is 4.90 Å². The van der Waals surface area contributed by atoms with Gasteiger partial charge in [0.25, 0.3) is 0 Å². The van der Waals surface area contributed by atoms with Crippen LogP contribution in [0.15, 0.2) is 0 Å². The second kappa shape index (κ2) is 8.88. The molecule has 6 nitrogen and oxygen atoms in total. The van der Waals surface area contributed by atoms with E-state index in [0.29, 0.717) is 6.54 Å². The van der Waals surface area contributed by atoms with Gasteiger partial charge in [-0.05, 0) is 53.1 Å². The van der Waals surface area contributed by atoms with Crippen molar-refractivity contribution in [3.05, 3.63) is 6.54 Å². The summed E-state index contributed by atoms with van der Waals surface area (Å²) in [5.41, 5.74) is -0.619. The Morgan fingerprint density at radius 3 is 2.26 bits per heavy atom. The molecule has 0 aliphatic carbocycles. The molecule has 2 aliphatic rings. The van der Waals surface area contributed by atoms with Crippen LogP contribution >= 0.6 is 0 Å². The molecule has 1 N–H and O–H groups in total. The van der Waals surface area contributed by atoms with E-state index in [1.807, 2.05) is 6.54 Å². The Morgan fingerprint density at radius 2 is 1.74 bits per heavy atom. The zero-order valence-corrected chi connectivity index (χ0v) is 16.0. The normalized spacial score (nSPS) is 25.8. The van der Waals surface area contributed by atoms with Gasteiger partial charge >= 0.3 is 12.1 Å². The fourth-order valence-corrected chi connectivity index (χ4v) is 3.18. The van der Waals surface area contributed by atoms with Gasteiger partial charge in [0.05, 0.1) is 0 Å². The summed E-state index contributed by atoms with van der Waals surface area (Å²) in [6, 6.07) is -0.829. The Balaban J connectivity index is 0.00000264. The molecule has 0 aromatic heterocycles. The maximum absolute atomic E-state index is 12.3. The molecule has 23 heavy (non-hydrogen) atoms. The fourth-order valence-electron chi connectivity index (χ4n) is 3.18. The van der Waals surface area contributed by atoms with E-state index in [1.165, 1.54) is 4.90 Å². The number of aliphatic carboxylic acids is 1. The first kappa shape index (κ1) is 21.0. The Hall–Kier alpha value is -0.0403. The largest absolute Gasteiger partial charge is 0.480 e. The minimum Gasteiger partial charge on any atom is -0.480 e. The quantitative estimate of drug-likeness (QED) is 0.501. The molecule has 1 amide bonds. The van der Waals surface area contributed by atoms with Gasteiger partial charge < -0.3 is 14.7 Å². The van der Waals surface area contributed by atoms with Crippen LogP contribution in [0.1, 0.15) is 46.5 Å². The third kappa shape index (κ3) is 6.07. The molecule has 2 rings (SSSR count). The average Bonchev–Trinajstić information content (AvgIpc) is 2.89. The number of carboxylic acid groups (broad SMARTS) is 1. The topological polar surface area (TPSA) is 70.1 Å². The number of likely N-dealkylation sites (tertiary alicyclic amines) is 2. The Labute approximate surface area is 168 Å². The first-order chi connectivity index (χ1) is 10.3. The van der Waals surface area contributed by atoms with Gasteiger partial charge in [-0.3, -0.25) is 16.2 Å². The maximum atomic E-state index is 12.3. The summed E-state index contributed by atoms with van der Waals surface area (Å²) < 4.78 is 5.37. The van der Waals surface area contributed by atoms with E-state index in [9.17, 15) is 14.7 Å². The third-order valence-corrected chi connectivity index (χ3v) is 4.10. The van der Waals surface area contributed by atoms with Gasteiger partial charge in [0, 0.05) is 44.3 Å². The van der Waals surface area contributed by atoms with E-state index >= 15 is 0 Å². The number of piperidine rings is 1. The summed E-state index contributed by atoms with van der Waals surface area (Å²) in [6.07, 6.45) is 3.37. The van der Waals surface area contributed by atoms with Crippen molar-refractivity contribution in [1.82, 2.24) is 9.80 Å². The molecule has 0 spiro atoms. The zero-order chi connectivity index (χ0) is 16.3. The van der Waals surface area contributed by atoms with Crippen LogP contribution in [0.4, 0.5) is 4.79 Å². The van der Waals surface area contributed by atoms with Crippen molar-refractivity contribution in [2.75, 3.05) is 19.6 Å². The van der Waals surface area contributed by atoms with Crippen LogP contribution < -0.4 is 0 Å². The minimum atomic E-state index is -0.953. The van der Waals surface area contributed by atoms with Crippen molar-refractivity contribution in [3.63, 3.8) is 0 Å². The molecule has 0 aromatic carbocycles. The summed E-state index contributed by atoms with van der Waals surface area (Å²) >= 11 is 0. The predicted molar refractivity (Wildman–Crippen MR) is 82.2 cm³/mol. The average molecular weight is 476 g/mol. The number of hydrogen-bond donors (Lipinski definition) is 1. The van der Waals surface area contributed by atoms with Gasteiger partial charge in [0.15, 0.2) is 0 Å². The zero-order valence-electron chi connectivity index (χ0n) is 14.0. The molecule has 2 aliphatic heterocycles. The number of carbonyl (C=O) groups is 2. The number of ether oxygens (including phenoxy) is 1. The van der Waals surface area contributed by atoms with Gasteiger partial charge in [0.2, 0.25) is 0 Å². The number of rotatable bonds is 3.